The van der Waals surface area contributed by atoms with E-state index >= 15 is 0 Å². The molecule has 154 valence electrons. The van der Waals surface area contributed by atoms with Gasteiger partial charge < -0.3 is 14.1 Å². The first-order valence-electron chi connectivity index (χ1n) is 10.2. The van der Waals surface area contributed by atoms with E-state index in [-0.39, 0.29) is 18.4 Å². The van der Waals surface area contributed by atoms with Gasteiger partial charge in [-0.05, 0) is 42.6 Å². The highest BCUT2D eigenvalue weighted by molar-refractivity contribution is 5.86. The van der Waals surface area contributed by atoms with Gasteiger partial charge in [0, 0.05) is 18.9 Å². The molecule has 1 aromatic carbocycles. The fourth-order valence-electron chi connectivity index (χ4n) is 4.17. The Kier molecular flexibility index (Phi) is 5.46. The first kappa shape index (κ1) is 19.7. The van der Waals surface area contributed by atoms with Crippen molar-refractivity contribution in [1.29, 1.82) is 0 Å². The van der Waals surface area contributed by atoms with Crippen LogP contribution in [0.4, 0.5) is 0 Å². The molecule has 3 atom stereocenters. The number of nitrogens with zero attached hydrogens (tertiary/aromatic N) is 2. The number of hydrogen-bond acceptors (Lipinski definition) is 5. The van der Waals surface area contributed by atoms with Crippen molar-refractivity contribution in [3.8, 4) is 0 Å². The Bertz CT molecular complexity index is 906. The molecule has 0 unspecified atom stereocenters. The minimum Gasteiger partial charge on any atom is -0.467 e. The van der Waals surface area contributed by atoms with Crippen molar-refractivity contribution >= 4 is 11.9 Å². The van der Waals surface area contributed by atoms with E-state index in [0.29, 0.717) is 31.3 Å². The van der Waals surface area contributed by atoms with Crippen LogP contribution in [0.1, 0.15) is 41.9 Å². The van der Waals surface area contributed by atoms with E-state index in [0.717, 1.165) is 22.6 Å². The monoisotopic (exact) mass is 396 g/mol. The van der Waals surface area contributed by atoms with Gasteiger partial charge in [0.2, 0.25) is 5.91 Å². The van der Waals surface area contributed by atoms with Crippen molar-refractivity contribution in [2.75, 3.05) is 20.7 Å². The number of carbonyl (C=O) groups is 2. The van der Waals surface area contributed by atoms with E-state index in [1.165, 1.54) is 13.5 Å². The van der Waals surface area contributed by atoms with E-state index in [2.05, 4.69) is 6.92 Å². The molecule has 6 nitrogen and oxygen atoms in total. The summed E-state index contributed by atoms with van der Waals surface area (Å²) in [5.41, 5.74) is 2.18. The lowest BCUT2D eigenvalue weighted by atomic mass is 9.94. The predicted octanol–water partition coefficient (Wildman–Crippen LogP) is 2.96. The molecule has 0 spiro atoms. The minimum atomic E-state index is -0.581. The van der Waals surface area contributed by atoms with E-state index in [9.17, 15) is 9.59 Å². The zero-order valence-electron chi connectivity index (χ0n) is 17.3. The minimum absolute atomic E-state index is 0.0833. The summed E-state index contributed by atoms with van der Waals surface area (Å²) in [5.74, 6) is 2.70. The molecule has 6 heteroatoms. The van der Waals surface area contributed by atoms with Gasteiger partial charge in [-0.25, -0.2) is 4.79 Å². The van der Waals surface area contributed by atoms with E-state index in [1.54, 1.807) is 4.90 Å². The molecule has 29 heavy (non-hydrogen) atoms. The number of benzene rings is 1. The summed E-state index contributed by atoms with van der Waals surface area (Å²) < 4.78 is 10.9. The molecule has 1 aliphatic heterocycles. The second-order valence-corrected chi connectivity index (χ2v) is 8.33. The Morgan fingerprint density at radius 2 is 1.93 bits per heavy atom. The number of carbonyl (C=O) groups excluding carboxylic acids is 2. The third-order valence-corrected chi connectivity index (χ3v) is 6.03. The average molecular weight is 396 g/mol. The highest BCUT2D eigenvalue weighted by Gasteiger charge is 2.37. The Hall–Kier alpha value is -2.60. The number of esters is 1. The number of fused-ring (bicyclic) bond motifs is 1. The highest BCUT2D eigenvalue weighted by atomic mass is 16.5. The second kappa shape index (κ2) is 8.03. The average Bonchev–Trinajstić information content (AvgIpc) is 3.27. The van der Waals surface area contributed by atoms with Crippen molar-refractivity contribution < 1.29 is 18.7 Å². The van der Waals surface area contributed by atoms with Crippen molar-refractivity contribution in [3.05, 3.63) is 59.0 Å². The highest BCUT2D eigenvalue weighted by Crippen LogP contribution is 2.47. The summed E-state index contributed by atoms with van der Waals surface area (Å²) in [7, 11) is 3.26. The van der Waals surface area contributed by atoms with Crippen LogP contribution in [0.25, 0.3) is 0 Å². The number of hydrogen-bond donors (Lipinski definition) is 0. The lowest BCUT2D eigenvalue weighted by Crippen LogP contribution is -2.51. The smallest absolute Gasteiger partial charge is 0.328 e. The molecule has 0 bridgehead atoms. The summed E-state index contributed by atoms with van der Waals surface area (Å²) in [5, 5.41) is 0. The van der Waals surface area contributed by atoms with E-state index < -0.39 is 6.04 Å². The Labute approximate surface area is 171 Å². The van der Waals surface area contributed by atoms with Gasteiger partial charge in [-0.3, -0.25) is 9.69 Å². The van der Waals surface area contributed by atoms with Gasteiger partial charge >= 0.3 is 5.97 Å². The SMILES string of the molecule is COC(=O)[C@@H]1Cc2ccccc2CN1C(=O)CN(C)Cc1ccc([C@@H]2C[C@H]2C)o1. The number of likely N-dealkylation sites (N-methyl/N-ethyl adjacent to an activating group) is 1. The second-order valence-electron chi connectivity index (χ2n) is 8.33. The van der Waals surface area contributed by atoms with Crippen LogP contribution in [-0.4, -0.2) is 48.4 Å². The fourth-order valence-corrected chi connectivity index (χ4v) is 4.17. The van der Waals surface area contributed by atoms with Crippen molar-refractivity contribution in [2.24, 2.45) is 5.92 Å². The summed E-state index contributed by atoms with van der Waals surface area (Å²) in [6, 6.07) is 11.4. The largest absolute Gasteiger partial charge is 0.467 e. The van der Waals surface area contributed by atoms with Crippen LogP contribution in [-0.2, 0) is 33.8 Å². The van der Waals surface area contributed by atoms with Gasteiger partial charge in [-0.2, -0.15) is 0 Å². The van der Waals surface area contributed by atoms with Gasteiger partial charge in [0.05, 0.1) is 20.2 Å². The van der Waals surface area contributed by atoms with Crippen LogP contribution in [0, 0.1) is 5.92 Å². The molecular formula is C23H28N2O4. The van der Waals surface area contributed by atoms with Gasteiger partial charge in [-0.1, -0.05) is 31.2 Å². The summed E-state index contributed by atoms with van der Waals surface area (Å²) in [6.45, 7) is 3.42. The topological polar surface area (TPSA) is 63.0 Å². The summed E-state index contributed by atoms with van der Waals surface area (Å²) in [4.78, 5) is 28.9. The van der Waals surface area contributed by atoms with Gasteiger partial charge in [0.1, 0.15) is 17.6 Å². The zero-order valence-corrected chi connectivity index (χ0v) is 17.3. The van der Waals surface area contributed by atoms with Crippen LogP contribution in [0.15, 0.2) is 40.8 Å². The standard InChI is InChI=1S/C23H28N2O4/c1-15-10-19(15)21-9-8-18(29-21)13-24(2)14-22(26)25-12-17-7-5-4-6-16(17)11-20(25)23(27)28-3/h4-9,15,19-20H,10-14H2,1-3H3/t15-,19-,20+/m1/s1. The maximum absolute atomic E-state index is 13.1. The maximum Gasteiger partial charge on any atom is 0.328 e. The third kappa shape index (κ3) is 4.22. The molecule has 0 N–H and O–H groups in total. The van der Waals surface area contributed by atoms with E-state index in [1.807, 2.05) is 48.3 Å². The molecule has 1 aliphatic carbocycles. The number of ether oxygens (including phenoxy) is 1. The first-order chi connectivity index (χ1) is 14.0. The number of amides is 1. The van der Waals surface area contributed by atoms with Gasteiger partial charge in [-0.15, -0.1) is 0 Å². The van der Waals surface area contributed by atoms with Gasteiger partial charge in [0.25, 0.3) is 0 Å². The zero-order chi connectivity index (χ0) is 20.5. The molecule has 2 aromatic rings. The Morgan fingerprint density at radius 3 is 2.62 bits per heavy atom. The first-order valence-corrected chi connectivity index (χ1v) is 10.2. The molecule has 1 saturated carbocycles. The van der Waals surface area contributed by atoms with E-state index in [4.69, 9.17) is 9.15 Å². The maximum atomic E-state index is 13.1. The molecule has 1 amide bonds. The van der Waals surface area contributed by atoms with Crippen LogP contribution >= 0.6 is 0 Å². The van der Waals surface area contributed by atoms with Crippen LogP contribution < -0.4 is 0 Å². The number of methoxy groups -OCH3 is 1. The molecule has 4 rings (SSSR count). The van der Waals surface area contributed by atoms with Crippen LogP contribution in [0.2, 0.25) is 0 Å². The molecule has 0 radical (unpaired) electrons. The fraction of sp³-hybridized carbons (Fsp3) is 0.478. The lowest BCUT2D eigenvalue weighted by molar-refractivity contribution is -0.154. The van der Waals surface area contributed by atoms with Gasteiger partial charge in [0.15, 0.2) is 0 Å². The number of furan rings is 1. The molecule has 0 saturated heterocycles. The molecule has 2 aliphatic rings. The summed E-state index contributed by atoms with van der Waals surface area (Å²) >= 11 is 0. The third-order valence-electron chi connectivity index (χ3n) is 6.03. The molecule has 1 aromatic heterocycles. The Morgan fingerprint density at radius 1 is 1.21 bits per heavy atom. The molecule has 1 fully saturated rings. The quantitative estimate of drug-likeness (QED) is 0.703. The Balaban J connectivity index is 1.41. The van der Waals surface area contributed by atoms with Crippen LogP contribution in [0.5, 0.6) is 0 Å². The lowest BCUT2D eigenvalue weighted by Gasteiger charge is -2.36. The normalized spacial score (nSPS) is 23.0. The predicted molar refractivity (Wildman–Crippen MR) is 108 cm³/mol. The van der Waals surface area contributed by atoms with Crippen molar-refractivity contribution in [3.63, 3.8) is 0 Å². The molecular weight excluding hydrogens is 368 g/mol. The number of rotatable bonds is 6. The molecule has 2 heterocycles. The van der Waals surface area contributed by atoms with Crippen molar-refractivity contribution in [1.82, 2.24) is 9.80 Å². The summed E-state index contributed by atoms with van der Waals surface area (Å²) in [6.07, 6.45) is 1.67. The van der Waals surface area contributed by atoms with Crippen LogP contribution in [0.3, 0.4) is 0 Å². The van der Waals surface area contributed by atoms with Crippen molar-refractivity contribution in [2.45, 2.75) is 44.8 Å².